The van der Waals surface area contributed by atoms with Gasteiger partial charge in [0.05, 0.1) is 6.54 Å². The number of hydrogen-bond donors (Lipinski definition) is 2. The van der Waals surface area contributed by atoms with E-state index in [0.29, 0.717) is 5.95 Å². The van der Waals surface area contributed by atoms with Gasteiger partial charge >= 0.3 is 0 Å². The van der Waals surface area contributed by atoms with Crippen molar-refractivity contribution in [2.24, 2.45) is 0 Å². The highest BCUT2D eigenvalue weighted by molar-refractivity contribution is 7.10. The maximum atomic E-state index is 5.41. The van der Waals surface area contributed by atoms with E-state index in [2.05, 4.69) is 33.0 Å². The Morgan fingerprint density at radius 1 is 1.57 bits per heavy atom. The summed E-state index contributed by atoms with van der Waals surface area (Å²) in [7, 11) is 0. The molecule has 0 aliphatic heterocycles. The van der Waals surface area contributed by atoms with Crippen molar-refractivity contribution in [1.82, 2.24) is 9.36 Å². The molecule has 0 aliphatic rings. The first-order valence-corrected chi connectivity index (χ1v) is 5.77. The van der Waals surface area contributed by atoms with E-state index in [9.17, 15) is 0 Å². The molecule has 4 nitrogen and oxygen atoms in total. The van der Waals surface area contributed by atoms with Crippen LogP contribution in [0.15, 0.2) is 11.4 Å². The fraction of sp³-hybridized carbons (Fsp3) is 0.250. The second-order valence-corrected chi connectivity index (χ2v) is 4.59. The number of nitrogens with two attached hydrogens (primary N) is 1. The summed E-state index contributed by atoms with van der Waals surface area (Å²) in [5, 5.41) is 6.04. The lowest BCUT2D eigenvalue weighted by atomic mass is 10.3. The Kier molecular flexibility index (Phi) is 2.64. The van der Waals surface area contributed by atoms with E-state index in [0.717, 1.165) is 11.7 Å². The molecule has 14 heavy (non-hydrogen) atoms. The molecule has 0 saturated heterocycles. The Balaban J connectivity index is 1.98. The third kappa shape index (κ3) is 2.02. The molecule has 74 valence electrons. The molecule has 2 aromatic rings. The van der Waals surface area contributed by atoms with Crippen LogP contribution in [0.1, 0.15) is 10.4 Å². The molecule has 2 aromatic heterocycles. The number of nitrogens with one attached hydrogen (secondary N) is 1. The predicted octanol–water partition coefficient (Wildman–Crippen LogP) is 2.10. The van der Waals surface area contributed by atoms with E-state index in [1.54, 1.807) is 11.3 Å². The van der Waals surface area contributed by atoms with Crippen LogP contribution >= 0.6 is 22.9 Å². The fourth-order valence-corrected chi connectivity index (χ4v) is 2.39. The van der Waals surface area contributed by atoms with Gasteiger partial charge in [-0.15, -0.1) is 11.3 Å². The first kappa shape index (κ1) is 9.42. The summed E-state index contributed by atoms with van der Waals surface area (Å²) in [5.41, 5.74) is 6.71. The summed E-state index contributed by atoms with van der Waals surface area (Å²) in [6.45, 7) is 2.89. The quantitative estimate of drug-likeness (QED) is 0.841. The summed E-state index contributed by atoms with van der Waals surface area (Å²) in [4.78, 5) is 5.34. The second kappa shape index (κ2) is 3.93. The zero-order valence-corrected chi connectivity index (χ0v) is 9.28. The first-order chi connectivity index (χ1) is 6.75. The van der Waals surface area contributed by atoms with Crippen LogP contribution in [0.4, 0.5) is 11.1 Å². The van der Waals surface area contributed by atoms with E-state index in [4.69, 9.17) is 5.73 Å². The van der Waals surface area contributed by atoms with Crippen LogP contribution in [0.2, 0.25) is 0 Å². The van der Waals surface area contributed by atoms with Crippen LogP contribution in [-0.4, -0.2) is 9.36 Å². The molecule has 0 amide bonds. The zero-order valence-electron chi connectivity index (χ0n) is 7.65. The molecule has 0 radical (unpaired) electrons. The van der Waals surface area contributed by atoms with Crippen molar-refractivity contribution in [3.05, 3.63) is 21.9 Å². The molecular formula is C8H10N4S2. The van der Waals surface area contributed by atoms with Gasteiger partial charge in [-0.05, 0) is 23.9 Å². The van der Waals surface area contributed by atoms with Gasteiger partial charge in [0.15, 0.2) is 0 Å². The molecule has 0 aliphatic carbocycles. The van der Waals surface area contributed by atoms with Crippen molar-refractivity contribution in [2.45, 2.75) is 13.5 Å². The number of aromatic nitrogens is 2. The van der Waals surface area contributed by atoms with Gasteiger partial charge in [0.1, 0.15) is 0 Å². The van der Waals surface area contributed by atoms with Crippen molar-refractivity contribution < 1.29 is 0 Å². The average Bonchev–Trinajstić information content (AvgIpc) is 2.72. The number of thiophene rings is 1. The highest BCUT2D eigenvalue weighted by atomic mass is 32.1. The average molecular weight is 226 g/mol. The molecule has 3 N–H and O–H groups in total. The minimum absolute atomic E-state index is 0.334. The summed E-state index contributed by atoms with van der Waals surface area (Å²) < 4.78 is 3.89. The number of aryl methyl sites for hydroxylation is 1. The summed E-state index contributed by atoms with van der Waals surface area (Å²) >= 11 is 3.02. The Labute approximate surface area is 90.0 Å². The number of rotatable bonds is 3. The van der Waals surface area contributed by atoms with E-state index < -0.39 is 0 Å². The first-order valence-electron chi connectivity index (χ1n) is 4.12. The molecule has 2 rings (SSSR count). The van der Waals surface area contributed by atoms with Crippen molar-refractivity contribution in [1.29, 1.82) is 0 Å². The second-order valence-electron chi connectivity index (χ2n) is 2.84. The van der Waals surface area contributed by atoms with Crippen molar-refractivity contribution in [3.63, 3.8) is 0 Å². The largest absolute Gasteiger partial charge is 0.367 e. The Morgan fingerprint density at radius 3 is 3.00 bits per heavy atom. The SMILES string of the molecule is Cc1ccsc1CNc1nc(N)ns1. The van der Waals surface area contributed by atoms with Crippen LogP contribution < -0.4 is 11.1 Å². The number of hydrogen-bond acceptors (Lipinski definition) is 6. The van der Waals surface area contributed by atoms with Gasteiger partial charge in [-0.25, -0.2) is 0 Å². The van der Waals surface area contributed by atoms with Gasteiger partial charge in [0, 0.05) is 16.4 Å². The molecule has 0 aromatic carbocycles. The summed E-state index contributed by atoms with van der Waals surface area (Å²) in [5.74, 6) is 0.334. The maximum Gasteiger partial charge on any atom is 0.233 e. The molecule has 0 bridgehead atoms. The van der Waals surface area contributed by atoms with Crippen LogP contribution in [0.3, 0.4) is 0 Å². The molecular weight excluding hydrogens is 216 g/mol. The molecule has 0 fully saturated rings. The molecule has 0 spiro atoms. The normalized spacial score (nSPS) is 10.4. The topological polar surface area (TPSA) is 63.8 Å². The van der Waals surface area contributed by atoms with Crippen molar-refractivity contribution in [2.75, 3.05) is 11.1 Å². The minimum atomic E-state index is 0.334. The van der Waals surface area contributed by atoms with E-state index in [1.807, 2.05) is 0 Å². The van der Waals surface area contributed by atoms with Gasteiger partial charge in [0.25, 0.3) is 0 Å². The van der Waals surface area contributed by atoms with Crippen molar-refractivity contribution >= 4 is 33.9 Å². The Bertz CT molecular complexity index is 420. The van der Waals surface area contributed by atoms with Crippen molar-refractivity contribution in [3.8, 4) is 0 Å². The summed E-state index contributed by atoms with van der Waals surface area (Å²) in [6.07, 6.45) is 0. The lowest BCUT2D eigenvalue weighted by Gasteiger charge is -1.99. The Morgan fingerprint density at radius 2 is 2.43 bits per heavy atom. The fourth-order valence-electron chi connectivity index (χ4n) is 1.05. The van der Waals surface area contributed by atoms with Crippen LogP contribution in [-0.2, 0) is 6.54 Å². The smallest absolute Gasteiger partial charge is 0.233 e. The third-order valence-corrected chi connectivity index (χ3v) is 3.52. The third-order valence-electron chi connectivity index (χ3n) is 1.81. The van der Waals surface area contributed by atoms with Gasteiger partial charge < -0.3 is 11.1 Å². The highest BCUT2D eigenvalue weighted by Gasteiger charge is 2.02. The standard InChI is InChI=1S/C8H10N4S2/c1-5-2-3-13-6(5)4-10-8-11-7(9)12-14-8/h2-3H,4H2,1H3,(H3,9,10,11,12). The van der Waals surface area contributed by atoms with E-state index in [1.165, 1.54) is 22.0 Å². The lowest BCUT2D eigenvalue weighted by molar-refractivity contribution is 1.15. The lowest BCUT2D eigenvalue weighted by Crippen LogP contribution is -1.98. The summed E-state index contributed by atoms with van der Waals surface area (Å²) in [6, 6.07) is 2.11. The van der Waals surface area contributed by atoms with E-state index in [-0.39, 0.29) is 0 Å². The van der Waals surface area contributed by atoms with Gasteiger partial charge in [-0.1, -0.05) is 0 Å². The molecule has 0 unspecified atom stereocenters. The zero-order chi connectivity index (χ0) is 9.97. The van der Waals surface area contributed by atoms with Crippen LogP contribution in [0.5, 0.6) is 0 Å². The van der Waals surface area contributed by atoms with Gasteiger partial charge in [-0.2, -0.15) is 9.36 Å². The van der Waals surface area contributed by atoms with Crippen LogP contribution in [0.25, 0.3) is 0 Å². The van der Waals surface area contributed by atoms with Gasteiger partial charge in [-0.3, -0.25) is 0 Å². The Hall–Kier alpha value is -1.14. The van der Waals surface area contributed by atoms with Crippen LogP contribution in [0, 0.1) is 6.92 Å². The molecule has 6 heteroatoms. The highest BCUT2D eigenvalue weighted by Crippen LogP contribution is 2.18. The molecule has 2 heterocycles. The number of nitrogens with zero attached hydrogens (tertiary/aromatic N) is 2. The monoisotopic (exact) mass is 226 g/mol. The minimum Gasteiger partial charge on any atom is -0.367 e. The molecule has 0 saturated carbocycles. The molecule has 0 atom stereocenters. The van der Waals surface area contributed by atoms with Gasteiger partial charge in [0.2, 0.25) is 11.1 Å². The number of anilines is 2. The number of nitrogen functional groups attached to an aromatic ring is 1. The predicted molar refractivity (Wildman–Crippen MR) is 60.7 cm³/mol. The maximum absolute atomic E-state index is 5.41. The van der Waals surface area contributed by atoms with E-state index >= 15 is 0 Å².